The van der Waals surface area contributed by atoms with Crippen LogP contribution in [0.25, 0.3) is 5.57 Å². The minimum absolute atomic E-state index is 0.386. The third-order valence-corrected chi connectivity index (χ3v) is 6.36. The number of hydrogen-bond donors (Lipinski definition) is 0. The molecule has 2 rings (SSSR count). The van der Waals surface area contributed by atoms with Gasteiger partial charge in [-0.05, 0) is 44.4 Å². The van der Waals surface area contributed by atoms with Gasteiger partial charge in [-0.3, -0.25) is 0 Å². The molecule has 5 nitrogen and oxygen atoms in total. The van der Waals surface area contributed by atoms with E-state index in [0.29, 0.717) is 5.57 Å². The number of benzene rings is 1. The van der Waals surface area contributed by atoms with E-state index in [1.54, 1.807) is 0 Å². The first kappa shape index (κ1) is 26.4. The maximum Gasteiger partial charge on any atom is 0.164 e. The fourth-order valence-electron chi connectivity index (χ4n) is 4.59. The second kappa shape index (κ2) is 13.0. The largest absolute Gasteiger partial charge is 0.372 e. The molecule has 0 saturated carbocycles. The van der Waals surface area contributed by atoms with Crippen LogP contribution in [0.15, 0.2) is 29.8 Å². The van der Waals surface area contributed by atoms with E-state index >= 15 is 0 Å². The van der Waals surface area contributed by atoms with Gasteiger partial charge in [0.1, 0.15) is 6.10 Å². The lowest BCUT2D eigenvalue weighted by atomic mass is 9.87. The molecule has 0 fully saturated rings. The fourth-order valence-corrected chi connectivity index (χ4v) is 4.59. The van der Waals surface area contributed by atoms with Crippen molar-refractivity contribution in [2.24, 2.45) is 5.92 Å². The van der Waals surface area contributed by atoms with Crippen LogP contribution in [-0.2, 0) is 4.74 Å². The molecule has 0 aliphatic carbocycles. The van der Waals surface area contributed by atoms with Gasteiger partial charge in [0, 0.05) is 24.4 Å². The van der Waals surface area contributed by atoms with Crippen LogP contribution in [0.2, 0.25) is 0 Å². The van der Waals surface area contributed by atoms with Gasteiger partial charge in [-0.1, -0.05) is 64.5 Å². The number of nitriles is 3. The number of ether oxygens (including phenoxy) is 1. The second-order valence-corrected chi connectivity index (χ2v) is 9.34. The Labute approximate surface area is 200 Å². The standard InChI is InChI=1S/C28H38N4O/c1-5-7-9-11-17-32(18-12-10-8-6-2)24-15-13-22(14-16-24)26-25(21-31)27(23(19-29)20-30)33-28(26,3)4/h13-16,23,27H,5-12,17-18H2,1-4H3. The smallest absolute Gasteiger partial charge is 0.164 e. The van der Waals surface area contributed by atoms with Gasteiger partial charge in [0.15, 0.2) is 5.92 Å². The van der Waals surface area contributed by atoms with Crippen molar-refractivity contribution in [3.8, 4) is 18.2 Å². The lowest BCUT2D eigenvalue weighted by Gasteiger charge is -2.27. The van der Waals surface area contributed by atoms with Crippen LogP contribution in [0.5, 0.6) is 0 Å². The van der Waals surface area contributed by atoms with Gasteiger partial charge >= 0.3 is 0 Å². The van der Waals surface area contributed by atoms with Crippen LogP contribution in [0.4, 0.5) is 5.69 Å². The summed E-state index contributed by atoms with van der Waals surface area (Å²) < 4.78 is 6.04. The number of nitrogens with zero attached hydrogens (tertiary/aromatic N) is 4. The summed E-state index contributed by atoms with van der Waals surface area (Å²) in [6.07, 6.45) is 9.10. The van der Waals surface area contributed by atoms with Crippen molar-refractivity contribution in [1.82, 2.24) is 0 Å². The summed E-state index contributed by atoms with van der Waals surface area (Å²) in [5, 5.41) is 28.5. The highest BCUT2D eigenvalue weighted by Crippen LogP contribution is 2.44. The molecule has 176 valence electrons. The van der Waals surface area contributed by atoms with Crippen LogP contribution in [0.1, 0.15) is 84.6 Å². The molecule has 33 heavy (non-hydrogen) atoms. The average molecular weight is 447 g/mol. The summed E-state index contributed by atoms with van der Waals surface area (Å²) in [6.45, 7) is 10.4. The van der Waals surface area contributed by atoms with Gasteiger partial charge in [-0.15, -0.1) is 0 Å². The molecular formula is C28H38N4O. The molecule has 0 bridgehead atoms. The Bertz CT molecular complexity index is 885. The van der Waals surface area contributed by atoms with Crippen LogP contribution in [-0.4, -0.2) is 24.8 Å². The molecule has 0 saturated heterocycles. The lowest BCUT2D eigenvalue weighted by Crippen LogP contribution is -2.28. The van der Waals surface area contributed by atoms with E-state index < -0.39 is 17.6 Å². The summed E-state index contributed by atoms with van der Waals surface area (Å²) in [6, 6.07) is 14.5. The third-order valence-electron chi connectivity index (χ3n) is 6.36. The maximum absolute atomic E-state index is 9.85. The summed E-state index contributed by atoms with van der Waals surface area (Å²) in [7, 11) is 0. The van der Waals surface area contributed by atoms with Gasteiger partial charge < -0.3 is 9.64 Å². The zero-order valence-electron chi connectivity index (χ0n) is 20.7. The molecule has 5 heteroatoms. The molecule has 1 aromatic rings. The van der Waals surface area contributed by atoms with Crippen molar-refractivity contribution >= 4 is 11.3 Å². The Hall–Kier alpha value is -2.81. The van der Waals surface area contributed by atoms with E-state index in [2.05, 4.69) is 36.9 Å². The fraction of sp³-hybridized carbons (Fsp3) is 0.607. The third kappa shape index (κ3) is 6.83. The first-order valence-electron chi connectivity index (χ1n) is 12.4. The van der Waals surface area contributed by atoms with Crippen LogP contribution >= 0.6 is 0 Å². The number of anilines is 1. The minimum atomic E-state index is -1.00. The minimum Gasteiger partial charge on any atom is -0.372 e. The van der Waals surface area contributed by atoms with E-state index in [1.165, 1.54) is 57.1 Å². The number of unbranched alkanes of at least 4 members (excludes halogenated alkanes) is 6. The van der Waals surface area contributed by atoms with Crippen LogP contribution in [0, 0.1) is 39.9 Å². The predicted molar refractivity (Wildman–Crippen MR) is 133 cm³/mol. The van der Waals surface area contributed by atoms with Crippen molar-refractivity contribution in [3.05, 3.63) is 35.4 Å². The zero-order valence-corrected chi connectivity index (χ0v) is 20.7. The molecule has 0 amide bonds. The van der Waals surface area contributed by atoms with E-state index in [0.717, 1.165) is 24.2 Å². The Morgan fingerprint density at radius 1 is 0.879 bits per heavy atom. The molecule has 1 unspecified atom stereocenters. The highest BCUT2D eigenvalue weighted by Gasteiger charge is 2.44. The summed E-state index contributed by atoms with van der Waals surface area (Å²) in [5.41, 5.74) is 2.52. The molecule has 1 aliphatic rings. The summed E-state index contributed by atoms with van der Waals surface area (Å²) in [5.74, 6) is -1.00. The molecule has 1 heterocycles. The molecule has 0 aromatic heterocycles. The van der Waals surface area contributed by atoms with E-state index in [4.69, 9.17) is 4.74 Å². The van der Waals surface area contributed by atoms with E-state index in [1.807, 2.05) is 38.1 Å². The van der Waals surface area contributed by atoms with E-state index in [9.17, 15) is 15.8 Å². The highest BCUT2D eigenvalue weighted by atomic mass is 16.5. The molecule has 1 aromatic carbocycles. The zero-order chi connectivity index (χ0) is 24.3. The quantitative estimate of drug-likeness (QED) is 0.312. The SMILES string of the molecule is CCCCCCN(CCCCCC)c1ccc(C2=C(C#N)C(C(C#N)C#N)OC2(C)C)cc1. The number of hydrogen-bond acceptors (Lipinski definition) is 5. The van der Waals surface area contributed by atoms with Crippen LogP contribution < -0.4 is 4.90 Å². The van der Waals surface area contributed by atoms with Crippen molar-refractivity contribution in [2.45, 2.75) is 90.8 Å². The second-order valence-electron chi connectivity index (χ2n) is 9.34. The van der Waals surface area contributed by atoms with E-state index in [-0.39, 0.29) is 0 Å². The topological polar surface area (TPSA) is 83.8 Å². The summed E-state index contributed by atoms with van der Waals surface area (Å²) >= 11 is 0. The Balaban J connectivity index is 2.28. The van der Waals surface area contributed by atoms with Crippen molar-refractivity contribution in [1.29, 1.82) is 15.8 Å². The molecule has 0 radical (unpaired) electrons. The van der Waals surface area contributed by atoms with Gasteiger partial charge in [0.25, 0.3) is 0 Å². The van der Waals surface area contributed by atoms with Crippen LogP contribution in [0.3, 0.4) is 0 Å². The van der Waals surface area contributed by atoms with Crippen molar-refractivity contribution < 1.29 is 4.74 Å². The predicted octanol–water partition coefficient (Wildman–Crippen LogP) is 6.77. The maximum atomic E-state index is 9.85. The molecular weight excluding hydrogens is 408 g/mol. The Morgan fingerprint density at radius 3 is 1.88 bits per heavy atom. The summed E-state index contributed by atoms with van der Waals surface area (Å²) in [4.78, 5) is 2.48. The van der Waals surface area contributed by atoms with Gasteiger partial charge in [0.2, 0.25) is 0 Å². The van der Waals surface area contributed by atoms with Gasteiger partial charge in [0.05, 0.1) is 29.4 Å². The molecule has 0 N–H and O–H groups in total. The first-order valence-corrected chi connectivity index (χ1v) is 12.4. The van der Waals surface area contributed by atoms with Gasteiger partial charge in [-0.2, -0.15) is 15.8 Å². The first-order chi connectivity index (χ1) is 15.9. The normalized spacial score (nSPS) is 17.0. The number of rotatable bonds is 13. The average Bonchev–Trinajstić information content (AvgIpc) is 3.09. The monoisotopic (exact) mass is 446 g/mol. The Morgan fingerprint density at radius 2 is 1.42 bits per heavy atom. The molecule has 1 aliphatic heterocycles. The highest BCUT2D eigenvalue weighted by molar-refractivity contribution is 5.80. The Kier molecular flexibility index (Phi) is 10.4. The van der Waals surface area contributed by atoms with Gasteiger partial charge in [-0.25, -0.2) is 0 Å². The van der Waals surface area contributed by atoms with Crippen molar-refractivity contribution in [2.75, 3.05) is 18.0 Å². The van der Waals surface area contributed by atoms with Crippen molar-refractivity contribution in [3.63, 3.8) is 0 Å². The molecule has 0 spiro atoms. The molecule has 1 atom stereocenters. The lowest BCUT2D eigenvalue weighted by molar-refractivity contribution is -0.00430.